The second-order valence-electron chi connectivity index (χ2n) is 4.95. The number of ether oxygens (including phenoxy) is 1. The summed E-state index contributed by atoms with van der Waals surface area (Å²) in [6, 6.07) is 5.61. The van der Waals surface area contributed by atoms with Crippen LogP contribution in [0.25, 0.3) is 11.4 Å². The number of H-pyrrole nitrogens is 1. The van der Waals surface area contributed by atoms with Crippen molar-refractivity contribution >= 4 is 0 Å². The molecule has 0 amide bonds. The Bertz CT molecular complexity index is 767. The average Bonchev–Trinajstić information content (AvgIpc) is 3.18. The molecule has 0 unspecified atom stereocenters. The highest BCUT2D eigenvalue weighted by Crippen LogP contribution is 2.26. The lowest BCUT2D eigenvalue weighted by Crippen LogP contribution is -2.16. The zero-order valence-corrected chi connectivity index (χ0v) is 12.4. The van der Waals surface area contributed by atoms with Crippen LogP contribution in [0, 0.1) is 0 Å². The first kappa shape index (κ1) is 16.0. The van der Waals surface area contributed by atoms with Crippen LogP contribution in [0.4, 0.5) is 13.2 Å². The molecule has 1 aromatic carbocycles. The van der Waals surface area contributed by atoms with Crippen molar-refractivity contribution in [3.05, 3.63) is 42.5 Å². The Morgan fingerprint density at radius 3 is 2.62 bits per heavy atom. The number of benzene rings is 1. The summed E-state index contributed by atoms with van der Waals surface area (Å²) in [7, 11) is 0. The molecule has 0 saturated carbocycles. The first-order valence-electron chi connectivity index (χ1n) is 7.11. The van der Waals surface area contributed by atoms with Crippen LogP contribution >= 0.6 is 0 Å². The lowest BCUT2D eigenvalue weighted by molar-refractivity contribution is -0.274. The summed E-state index contributed by atoms with van der Waals surface area (Å²) in [5, 5.41) is 13.6. The highest BCUT2D eigenvalue weighted by Gasteiger charge is 2.31. The summed E-state index contributed by atoms with van der Waals surface area (Å²) in [6.07, 6.45) is 0.190. The number of aromatic nitrogens is 6. The van der Waals surface area contributed by atoms with Gasteiger partial charge >= 0.3 is 6.36 Å². The second kappa shape index (κ2) is 6.69. The van der Waals surface area contributed by atoms with E-state index < -0.39 is 6.36 Å². The molecule has 2 heterocycles. The zero-order valence-electron chi connectivity index (χ0n) is 12.4. The summed E-state index contributed by atoms with van der Waals surface area (Å²) in [4.78, 5) is 4.26. The van der Waals surface area contributed by atoms with Gasteiger partial charge in [-0.25, -0.2) is 4.98 Å². The Labute approximate surface area is 134 Å². The molecule has 0 saturated heterocycles. The average molecular weight is 338 g/mol. The molecule has 0 aliphatic carbocycles. The maximum atomic E-state index is 12.2. The number of nitrogens with zero attached hydrogens (tertiary/aromatic N) is 5. The van der Waals surface area contributed by atoms with E-state index in [9.17, 15) is 13.2 Å². The number of nitrogens with one attached hydrogen (secondary N) is 1. The zero-order chi connectivity index (χ0) is 17.0. The molecule has 10 heteroatoms. The van der Waals surface area contributed by atoms with E-state index >= 15 is 0 Å². The van der Waals surface area contributed by atoms with Crippen molar-refractivity contribution in [3.8, 4) is 17.1 Å². The van der Waals surface area contributed by atoms with Gasteiger partial charge in [0.2, 0.25) is 0 Å². The summed E-state index contributed by atoms with van der Waals surface area (Å²) >= 11 is 0. The number of aryl methyl sites for hydroxylation is 2. The van der Waals surface area contributed by atoms with Gasteiger partial charge in [0.1, 0.15) is 11.6 Å². The van der Waals surface area contributed by atoms with E-state index in [-0.39, 0.29) is 5.75 Å². The van der Waals surface area contributed by atoms with Crippen LogP contribution in [0.3, 0.4) is 0 Å². The minimum Gasteiger partial charge on any atom is -0.406 e. The number of hydrogen-bond acceptors (Lipinski definition) is 5. The Balaban J connectivity index is 1.65. The Hall–Kier alpha value is -2.91. The normalized spacial score (nSPS) is 11.6. The molecule has 0 spiro atoms. The van der Waals surface area contributed by atoms with Crippen LogP contribution in [0.1, 0.15) is 12.2 Å². The number of hydrogen-bond donors (Lipinski definition) is 1. The quantitative estimate of drug-likeness (QED) is 0.747. The van der Waals surface area contributed by atoms with Gasteiger partial charge in [0.05, 0.1) is 0 Å². The number of rotatable bonds is 6. The number of halogens is 3. The smallest absolute Gasteiger partial charge is 0.406 e. The van der Waals surface area contributed by atoms with Crippen molar-refractivity contribution in [2.75, 3.05) is 0 Å². The molecule has 126 valence electrons. The van der Waals surface area contributed by atoms with Gasteiger partial charge in [-0.2, -0.15) is 5.21 Å². The van der Waals surface area contributed by atoms with E-state index in [0.717, 1.165) is 6.42 Å². The van der Waals surface area contributed by atoms with Gasteiger partial charge < -0.3 is 9.30 Å². The summed E-state index contributed by atoms with van der Waals surface area (Å²) in [6.45, 7) is 0.671. The Morgan fingerprint density at radius 2 is 1.96 bits per heavy atom. The number of aromatic amines is 1. The Morgan fingerprint density at radius 1 is 1.17 bits per heavy atom. The molecule has 1 N–H and O–H groups in total. The third-order valence-electron chi connectivity index (χ3n) is 3.25. The first-order valence-corrected chi connectivity index (χ1v) is 7.11. The lowest BCUT2D eigenvalue weighted by atomic mass is 10.2. The van der Waals surface area contributed by atoms with Crippen LogP contribution in [-0.2, 0) is 13.0 Å². The van der Waals surface area contributed by atoms with Gasteiger partial charge in [-0.3, -0.25) is 0 Å². The van der Waals surface area contributed by atoms with E-state index in [0.29, 0.717) is 30.2 Å². The predicted octanol–water partition coefficient (Wildman–Crippen LogP) is 2.59. The van der Waals surface area contributed by atoms with Gasteiger partial charge in [0.15, 0.2) is 5.82 Å². The van der Waals surface area contributed by atoms with Crippen LogP contribution in [0.15, 0.2) is 36.7 Å². The second-order valence-corrected chi connectivity index (χ2v) is 4.95. The fraction of sp³-hybridized carbons (Fsp3) is 0.286. The molecule has 3 aromatic rings. The maximum Gasteiger partial charge on any atom is 0.573 e. The van der Waals surface area contributed by atoms with Crippen LogP contribution < -0.4 is 4.74 Å². The van der Waals surface area contributed by atoms with E-state index in [2.05, 4.69) is 30.3 Å². The van der Waals surface area contributed by atoms with Crippen molar-refractivity contribution in [3.63, 3.8) is 0 Å². The highest BCUT2D eigenvalue weighted by molar-refractivity contribution is 5.56. The van der Waals surface area contributed by atoms with E-state index in [1.54, 1.807) is 18.3 Å². The van der Waals surface area contributed by atoms with Crippen LogP contribution in [0.2, 0.25) is 0 Å². The van der Waals surface area contributed by atoms with E-state index in [1.165, 1.54) is 12.1 Å². The lowest BCUT2D eigenvalue weighted by Gasteiger charge is -2.10. The third kappa shape index (κ3) is 4.09. The number of alkyl halides is 3. The molecule has 24 heavy (non-hydrogen) atoms. The van der Waals surface area contributed by atoms with E-state index in [4.69, 9.17) is 0 Å². The monoisotopic (exact) mass is 338 g/mol. The number of tetrazole rings is 1. The maximum absolute atomic E-state index is 12.2. The molecule has 0 aliphatic heterocycles. The summed E-state index contributed by atoms with van der Waals surface area (Å²) in [5.41, 5.74) is 0.703. The fourth-order valence-electron chi connectivity index (χ4n) is 2.25. The van der Waals surface area contributed by atoms with Gasteiger partial charge in [0, 0.05) is 30.9 Å². The predicted molar refractivity (Wildman–Crippen MR) is 76.8 cm³/mol. The molecule has 0 bridgehead atoms. The standard InChI is InChI=1S/C14H13F3N6O/c15-14(16,17)24-11-5-3-10(4-6-11)13-18-7-9-23(13)8-1-2-12-19-21-22-20-12/h3-7,9H,1-2,8H2,(H,19,20,21,22). The van der Waals surface area contributed by atoms with Gasteiger partial charge in [-0.1, -0.05) is 5.21 Å². The SMILES string of the molecule is FC(F)(F)Oc1ccc(-c2nccn2CCCc2nn[nH]n2)cc1. The molecule has 0 aliphatic rings. The molecule has 7 nitrogen and oxygen atoms in total. The van der Waals surface area contributed by atoms with Gasteiger partial charge in [-0.05, 0) is 30.7 Å². The first-order chi connectivity index (χ1) is 11.5. The van der Waals surface area contributed by atoms with E-state index in [1.807, 2.05) is 10.8 Å². The van der Waals surface area contributed by atoms with Crippen LogP contribution in [0.5, 0.6) is 5.75 Å². The molecule has 0 radical (unpaired) electrons. The molecule has 2 aromatic heterocycles. The largest absolute Gasteiger partial charge is 0.573 e. The molecule has 0 atom stereocenters. The van der Waals surface area contributed by atoms with Crippen molar-refractivity contribution in [1.29, 1.82) is 0 Å². The topological polar surface area (TPSA) is 81.5 Å². The van der Waals surface area contributed by atoms with Crippen LogP contribution in [-0.4, -0.2) is 36.5 Å². The Kier molecular flexibility index (Phi) is 4.45. The van der Waals surface area contributed by atoms with Crippen molar-refractivity contribution < 1.29 is 17.9 Å². The number of imidazole rings is 1. The van der Waals surface area contributed by atoms with Crippen molar-refractivity contribution in [2.24, 2.45) is 0 Å². The summed E-state index contributed by atoms with van der Waals surface area (Å²) in [5.74, 6) is 1.04. The highest BCUT2D eigenvalue weighted by atomic mass is 19.4. The fourth-order valence-corrected chi connectivity index (χ4v) is 2.25. The summed E-state index contributed by atoms with van der Waals surface area (Å²) < 4.78 is 42.3. The van der Waals surface area contributed by atoms with Gasteiger partial charge in [0.25, 0.3) is 0 Å². The minimum absolute atomic E-state index is 0.263. The van der Waals surface area contributed by atoms with Crippen molar-refractivity contribution in [1.82, 2.24) is 30.2 Å². The van der Waals surface area contributed by atoms with Gasteiger partial charge in [-0.15, -0.1) is 23.4 Å². The molecular formula is C14H13F3N6O. The third-order valence-corrected chi connectivity index (χ3v) is 3.25. The molecule has 0 fully saturated rings. The molecule has 3 rings (SSSR count). The van der Waals surface area contributed by atoms with Crippen molar-refractivity contribution in [2.45, 2.75) is 25.7 Å². The molecular weight excluding hydrogens is 325 g/mol. The minimum atomic E-state index is -4.70.